The molecule has 0 saturated carbocycles. The van der Waals surface area contributed by atoms with Gasteiger partial charge in [0.1, 0.15) is 0 Å². The molecule has 0 heterocycles. The Hall–Kier alpha value is 1.68. The first-order chi connectivity index (χ1) is 11.4. The second kappa shape index (κ2) is 24.7. The molecule has 26 heavy (non-hydrogen) atoms. The number of hydrogen-bond donors (Lipinski definition) is 6. The number of unbranched alkanes of at least 4 members (excludes halogenated alkanes) is 12. The molecule has 0 aliphatic rings. The van der Waals surface area contributed by atoms with E-state index in [1.54, 1.807) is 0 Å². The van der Waals surface area contributed by atoms with Crippen molar-refractivity contribution in [2.75, 3.05) is 0 Å². The van der Waals surface area contributed by atoms with Crippen LogP contribution in [0.1, 0.15) is 90.4 Å². The van der Waals surface area contributed by atoms with Crippen LogP contribution in [-0.4, -0.2) is 29.4 Å². The third-order valence-electron chi connectivity index (χ3n) is 3.10. The normalized spacial score (nSPS) is 10.8. The van der Waals surface area contributed by atoms with E-state index in [9.17, 15) is 0 Å². The van der Waals surface area contributed by atoms with Gasteiger partial charge >= 0.3 is 13.4 Å². The number of hydrogen-bond acceptors (Lipinski definition) is 2. The average molecular weight is 505 g/mol. The Morgan fingerprint density at radius 3 is 0.962 bits per heavy atom. The predicted molar refractivity (Wildman–Crippen MR) is 113 cm³/mol. The van der Waals surface area contributed by atoms with Gasteiger partial charge in [-0.25, -0.2) is 0 Å². The van der Waals surface area contributed by atoms with Crippen LogP contribution in [0.4, 0.5) is 0 Å². The molecule has 158 valence electrons. The molecule has 0 aromatic heterocycles. The maximum atomic E-state index is 7.56. The van der Waals surface area contributed by atoms with Gasteiger partial charge in [0.05, 0.1) is 0 Å². The standard InChI is InChI=1S/C15H31.2H3O3PS.Zn/c1-3-5-7-9-11-13-15-14-12-10-8-6-4-2;2*1-4(2,3)5;/h1,3-15H2,2H3;2*(H3,1,2,3,5);/q-1;;;. The molecule has 6 nitrogen and oxygen atoms in total. The molecule has 0 aliphatic carbocycles. The molecule has 6 N–H and O–H groups in total. The van der Waals surface area contributed by atoms with Crippen LogP contribution in [0.15, 0.2) is 0 Å². The van der Waals surface area contributed by atoms with Crippen molar-refractivity contribution < 1.29 is 48.8 Å². The molecule has 0 fully saturated rings. The van der Waals surface area contributed by atoms with Crippen molar-refractivity contribution >= 4 is 37.1 Å². The van der Waals surface area contributed by atoms with Crippen LogP contribution in [0.2, 0.25) is 0 Å². The van der Waals surface area contributed by atoms with Gasteiger partial charge in [0, 0.05) is 19.5 Å². The molecule has 11 heteroatoms. The fourth-order valence-electron chi connectivity index (χ4n) is 2.02. The molecule has 0 radical (unpaired) electrons. The minimum atomic E-state index is -3.81. The Labute approximate surface area is 182 Å². The van der Waals surface area contributed by atoms with Crippen LogP contribution in [0.5, 0.6) is 0 Å². The molecule has 0 unspecified atom stereocenters. The van der Waals surface area contributed by atoms with Gasteiger partial charge in [0.2, 0.25) is 0 Å². The van der Waals surface area contributed by atoms with Gasteiger partial charge in [-0.2, -0.15) is 6.42 Å². The van der Waals surface area contributed by atoms with Crippen molar-refractivity contribution in [2.24, 2.45) is 0 Å². The van der Waals surface area contributed by atoms with Crippen LogP contribution in [0, 0.1) is 6.92 Å². The van der Waals surface area contributed by atoms with Crippen molar-refractivity contribution in [3.05, 3.63) is 6.92 Å². The Morgan fingerprint density at radius 2 is 0.769 bits per heavy atom. The second-order valence-electron chi connectivity index (χ2n) is 5.77. The fourth-order valence-corrected chi connectivity index (χ4v) is 2.02. The molecule has 0 rings (SSSR count). The Morgan fingerprint density at radius 1 is 0.577 bits per heavy atom. The van der Waals surface area contributed by atoms with E-state index in [-0.39, 0.29) is 19.5 Å². The zero-order chi connectivity index (χ0) is 20.2. The topological polar surface area (TPSA) is 121 Å². The molecule has 0 amide bonds. The van der Waals surface area contributed by atoms with E-state index in [1.807, 2.05) is 0 Å². The van der Waals surface area contributed by atoms with Crippen LogP contribution in [-0.2, 0) is 43.1 Å². The zero-order valence-electron chi connectivity index (χ0n) is 16.0. The van der Waals surface area contributed by atoms with Crippen LogP contribution < -0.4 is 0 Å². The van der Waals surface area contributed by atoms with Gasteiger partial charge in [-0.1, -0.05) is 84.0 Å². The quantitative estimate of drug-likeness (QED) is 0.101. The molecule has 0 spiro atoms. The van der Waals surface area contributed by atoms with Crippen LogP contribution in [0.25, 0.3) is 0 Å². The first kappa shape index (κ1) is 35.1. The van der Waals surface area contributed by atoms with Crippen molar-refractivity contribution in [1.82, 2.24) is 0 Å². The summed E-state index contributed by atoms with van der Waals surface area (Å²) in [6.45, 7) is -1.46. The molecule has 0 bridgehead atoms. The largest absolute Gasteiger partial charge is 0.343 e. The Bertz CT molecular complexity index is 304. The first-order valence-electron chi connectivity index (χ1n) is 8.77. The summed E-state index contributed by atoms with van der Waals surface area (Å²) in [5.41, 5.74) is 0. The molecular weight excluding hydrogens is 468 g/mol. The molecule has 0 aromatic carbocycles. The Balaban J connectivity index is -0.000000182. The number of rotatable bonds is 12. The molecule has 0 atom stereocenters. The van der Waals surface area contributed by atoms with E-state index in [4.69, 9.17) is 29.4 Å². The third-order valence-corrected chi connectivity index (χ3v) is 3.10. The van der Waals surface area contributed by atoms with Crippen LogP contribution >= 0.6 is 13.4 Å². The van der Waals surface area contributed by atoms with E-state index < -0.39 is 13.4 Å². The monoisotopic (exact) mass is 503 g/mol. The van der Waals surface area contributed by atoms with Crippen molar-refractivity contribution in [1.29, 1.82) is 0 Å². The molecule has 0 aromatic rings. The maximum Gasteiger partial charge on any atom is 0.319 e. The van der Waals surface area contributed by atoms with Gasteiger partial charge in [0.15, 0.2) is 0 Å². The van der Waals surface area contributed by atoms with Crippen LogP contribution in [0.3, 0.4) is 0 Å². The zero-order valence-corrected chi connectivity index (χ0v) is 22.4. The third kappa shape index (κ3) is 83.6. The predicted octanol–water partition coefficient (Wildman–Crippen LogP) is 4.28. The minimum Gasteiger partial charge on any atom is -0.343 e. The molecule has 0 aliphatic heterocycles. The van der Waals surface area contributed by atoms with Crippen molar-refractivity contribution in [3.63, 3.8) is 0 Å². The maximum absolute atomic E-state index is 7.56. The molecular formula is C15H37O6P2S2Zn-. The fraction of sp³-hybridized carbons (Fsp3) is 0.933. The van der Waals surface area contributed by atoms with E-state index in [2.05, 4.69) is 37.5 Å². The summed E-state index contributed by atoms with van der Waals surface area (Å²) in [7, 11) is 0. The van der Waals surface area contributed by atoms with E-state index in [0.29, 0.717) is 0 Å². The van der Waals surface area contributed by atoms with Gasteiger partial charge in [-0.15, -0.1) is 0 Å². The van der Waals surface area contributed by atoms with E-state index >= 15 is 0 Å². The van der Waals surface area contributed by atoms with Crippen molar-refractivity contribution in [3.8, 4) is 0 Å². The summed E-state index contributed by atoms with van der Waals surface area (Å²) < 4.78 is 0. The second-order valence-corrected chi connectivity index (χ2v) is 10.8. The summed E-state index contributed by atoms with van der Waals surface area (Å²) in [4.78, 5) is 45.3. The summed E-state index contributed by atoms with van der Waals surface area (Å²) in [5.74, 6) is 0. The summed E-state index contributed by atoms with van der Waals surface area (Å²) in [5, 5.41) is 0. The molecule has 0 saturated heterocycles. The summed E-state index contributed by atoms with van der Waals surface area (Å²) >= 11 is 7.21. The van der Waals surface area contributed by atoms with E-state index in [0.717, 1.165) is 6.42 Å². The smallest absolute Gasteiger partial charge is 0.319 e. The van der Waals surface area contributed by atoms with Gasteiger partial charge in [0.25, 0.3) is 0 Å². The first-order valence-corrected chi connectivity index (χ1v) is 14.1. The summed E-state index contributed by atoms with van der Waals surface area (Å²) in [6, 6.07) is 0. The minimum absolute atomic E-state index is 0. The van der Waals surface area contributed by atoms with Gasteiger partial charge in [-0.3, -0.25) is 0 Å². The average Bonchev–Trinajstić information content (AvgIpc) is 2.41. The summed E-state index contributed by atoms with van der Waals surface area (Å²) in [6.07, 6.45) is 18.3. The van der Waals surface area contributed by atoms with Crippen molar-refractivity contribution in [2.45, 2.75) is 90.4 Å². The van der Waals surface area contributed by atoms with E-state index in [1.165, 1.54) is 77.0 Å². The van der Waals surface area contributed by atoms with Gasteiger partial charge in [-0.05, 0) is 23.6 Å². The van der Waals surface area contributed by atoms with Gasteiger partial charge < -0.3 is 36.3 Å². The Kier molecular flexibility index (Phi) is 33.4. The SMILES string of the molecule is OP(O)(O)=S.OP(O)(O)=S.[CH2-]CCCCCCCCCCCCCC.[Zn].